The summed E-state index contributed by atoms with van der Waals surface area (Å²) in [6.07, 6.45) is 8.94. The molecule has 1 aromatic rings. The lowest BCUT2D eigenvalue weighted by atomic mass is 10.0. The quantitative estimate of drug-likeness (QED) is 0.638. The van der Waals surface area contributed by atoms with Crippen molar-refractivity contribution in [2.24, 2.45) is 0 Å². The van der Waals surface area contributed by atoms with Crippen molar-refractivity contribution in [2.45, 2.75) is 19.8 Å². The maximum atomic E-state index is 2.30. The Kier molecular flexibility index (Phi) is 2.31. The average Bonchev–Trinajstić information content (AvgIpc) is 2.61. The Bertz CT molecular complexity index is 356. The Morgan fingerprint density at radius 2 is 2.08 bits per heavy atom. The van der Waals surface area contributed by atoms with Crippen molar-refractivity contribution in [1.29, 1.82) is 0 Å². The van der Waals surface area contributed by atoms with Crippen LogP contribution in [0.15, 0.2) is 48.1 Å². The van der Waals surface area contributed by atoms with Crippen LogP contribution in [-0.4, -0.2) is 0 Å². The van der Waals surface area contributed by atoms with Gasteiger partial charge in [0, 0.05) is 0 Å². The first-order valence-electron chi connectivity index (χ1n) is 4.76. The van der Waals surface area contributed by atoms with E-state index in [9.17, 15) is 0 Å². The van der Waals surface area contributed by atoms with Crippen molar-refractivity contribution < 1.29 is 0 Å². The van der Waals surface area contributed by atoms with Gasteiger partial charge in [0.05, 0.1) is 0 Å². The molecule has 0 spiro atoms. The highest BCUT2D eigenvalue weighted by molar-refractivity contribution is 5.35. The van der Waals surface area contributed by atoms with E-state index in [0.717, 1.165) is 12.8 Å². The van der Waals surface area contributed by atoms with Gasteiger partial charge < -0.3 is 0 Å². The number of benzene rings is 1. The second kappa shape index (κ2) is 3.61. The minimum atomic E-state index is 1.09. The van der Waals surface area contributed by atoms with Crippen LogP contribution < -0.4 is 0 Å². The van der Waals surface area contributed by atoms with E-state index in [0.29, 0.717) is 0 Å². The molecule has 0 nitrogen and oxygen atoms in total. The largest absolute Gasteiger partial charge is 0.0805 e. The lowest BCUT2D eigenvalue weighted by Crippen LogP contribution is -1.89. The summed E-state index contributed by atoms with van der Waals surface area (Å²) >= 11 is 0. The third-order valence-electron chi connectivity index (χ3n) is 2.50. The topological polar surface area (TPSA) is 0 Å². The fourth-order valence-corrected chi connectivity index (χ4v) is 1.67. The summed E-state index contributed by atoms with van der Waals surface area (Å²) < 4.78 is 0. The van der Waals surface area contributed by atoms with E-state index in [1.807, 2.05) is 0 Å². The highest BCUT2D eigenvalue weighted by Gasteiger charge is 2.01. The molecule has 0 aliphatic heterocycles. The van der Waals surface area contributed by atoms with E-state index in [1.165, 1.54) is 16.7 Å². The van der Waals surface area contributed by atoms with Gasteiger partial charge in [0.1, 0.15) is 0 Å². The first kappa shape index (κ1) is 8.31. The molecule has 1 aromatic carbocycles. The minimum Gasteiger partial charge on any atom is -0.0805 e. The molecule has 0 atom stereocenters. The van der Waals surface area contributed by atoms with Crippen LogP contribution in [0.1, 0.15) is 17.5 Å². The molecule has 0 amide bonds. The molecule has 1 aliphatic carbocycles. The maximum Gasteiger partial charge on any atom is -0.00263 e. The lowest BCUT2D eigenvalue weighted by molar-refractivity contribution is 1.16. The second-order valence-corrected chi connectivity index (χ2v) is 3.52. The summed E-state index contributed by atoms with van der Waals surface area (Å²) in [7, 11) is 0. The molecule has 0 aromatic heterocycles. The van der Waals surface area contributed by atoms with Crippen LogP contribution >= 0.6 is 0 Å². The molecular weight excluding hydrogens is 156 g/mol. The van der Waals surface area contributed by atoms with Gasteiger partial charge in [0.2, 0.25) is 0 Å². The average molecular weight is 170 g/mol. The molecule has 0 bridgehead atoms. The molecule has 2 rings (SSSR count). The fraction of sp³-hybridized carbons (Fsp3) is 0.231. The van der Waals surface area contributed by atoms with E-state index in [4.69, 9.17) is 0 Å². The van der Waals surface area contributed by atoms with Gasteiger partial charge in [-0.25, -0.2) is 0 Å². The van der Waals surface area contributed by atoms with Crippen molar-refractivity contribution in [2.75, 3.05) is 0 Å². The first-order chi connectivity index (χ1) is 6.36. The fourth-order valence-electron chi connectivity index (χ4n) is 1.67. The Hall–Kier alpha value is -1.30. The van der Waals surface area contributed by atoms with Gasteiger partial charge in [-0.3, -0.25) is 0 Å². The monoisotopic (exact) mass is 170 g/mol. The zero-order valence-corrected chi connectivity index (χ0v) is 7.96. The van der Waals surface area contributed by atoms with Gasteiger partial charge >= 0.3 is 0 Å². The number of aryl methyl sites for hydroxylation is 1. The molecule has 0 radical (unpaired) electrons. The van der Waals surface area contributed by atoms with E-state index < -0.39 is 0 Å². The van der Waals surface area contributed by atoms with Gasteiger partial charge in [-0.1, -0.05) is 42.5 Å². The number of hydrogen-bond acceptors (Lipinski definition) is 0. The van der Waals surface area contributed by atoms with Gasteiger partial charge in [-0.2, -0.15) is 0 Å². The van der Waals surface area contributed by atoms with Gasteiger partial charge in [-0.15, -0.1) is 0 Å². The Morgan fingerprint density at radius 3 is 2.77 bits per heavy atom. The lowest BCUT2D eigenvalue weighted by Gasteiger charge is -2.04. The zero-order chi connectivity index (χ0) is 9.10. The van der Waals surface area contributed by atoms with Crippen molar-refractivity contribution in [3.8, 4) is 0 Å². The van der Waals surface area contributed by atoms with E-state index in [1.54, 1.807) is 0 Å². The smallest absolute Gasteiger partial charge is 0.00263 e. The Balaban J connectivity index is 2.18. The summed E-state index contributed by atoms with van der Waals surface area (Å²) in [5.74, 6) is 0. The summed E-state index contributed by atoms with van der Waals surface area (Å²) in [6, 6.07) is 8.59. The number of hydrogen-bond donors (Lipinski definition) is 0. The number of rotatable bonds is 2. The molecule has 0 unspecified atom stereocenters. The maximum absolute atomic E-state index is 2.30. The van der Waals surface area contributed by atoms with Crippen molar-refractivity contribution in [1.82, 2.24) is 0 Å². The zero-order valence-electron chi connectivity index (χ0n) is 7.96. The Morgan fingerprint density at radius 1 is 1.23 bits per heavy atom. The van der Waals surface area contributed by atoms with Crippen LogP contribution in [0.25, 0.3) is 0 Å². The normalized spacial score (nSPS) is 14.7. The van der Waals surface area contributed by atoms with E-state index >= 15 is 0 Å². The van der Waals surface area contributed by atoms with Gasteiger partial charge in [-0.05, 0) is 36.5 Å². The predicted molar refractivity (Wildman–Crippen MR) is 56.7 cm³/mol. The highest BCUT2D eigenvalue weighted by atomic mass is 14.1. The third-order valence-corrected chi connectivity index (χ3v) is 2.50. The van der Waals surface area contributed by atoms with Gasteiger partial charge in [0.25, 0.3) is 0 Å². The summed E-state index contributed by atoms with van der Waals surface area (Å²) in [5, 5.41) is 0. The molecule has 0 heterocycles. The summed E-state index contributed by atoms with van der Waals surface area (Å²) in [6.45, 7) is 2.18. The molecule has 0 saturated carbocycles. The third kappa shape index (κ3) is 1.89. The summed E-state index contributed by atoms with van der Waals surface area (Å²) in [4.78, 5) is 0. The molecule has 1 aliphatic rings. The minimum absolute atomic E-state index is 1.09. The molecule has 0 heteroatoms. The standard InChI is InChI=1S/C13H14/c1-11-6-2-5-9-13(11)10-12-7-3-4-8-12/h2-3,5-9H,4,10H2,1H3. The van der Waals surface area contributed by atoms with E-state index in [-0.39, 0.29) is 0 Å². The second-order valence-electron chi connectivity index (χ2n) is 3.52. The van der Waals surface area contributed by atoms with Crippen LogP contribution in [0.4, 0.5) is 0 Å². The predicted octanol–water partition coefficient (Wildman–Crippen LogP) is 3.42. The molecule has 13 heavy (non-hydrogen) atoms. The number of allylic oxidation sites excluding steroid dienone is 4. The highest BCUT2D eigenvalue weighted by Crippen LogP contribution is 2.17. The molecule has 66 valence electrons. The van der Waals surface area contributed by atoms with Crippen LogP contribution in [-0.2, 0) is 6.42 Å². The van der Waals surface area contributed by atoms with Crippen molar-refractivity contribution in [3.05, 3.63) is 59.2 Å². The summed E-state index contributed by atoms with van der Waals surface area (Å²) in [5.41, 5.74) is 4.29. The SMILES string of the molecule is Cc1ccccc1CC1=CCC=C1. The van der Waals surface area contributed by atoms with E-state index in [2.05, 4.69) is 49.4 Å². The molecular formula is C13H14. The van der Waals surface area contributed by atoms with Crippen LogP contribution in [0.3, 0.4) is 0 Å². The molecule has 0 saturated heterocycles. The van der Waals surface area contributed by atoms with Crippen molar-refractivity contribution >= 4 is 0 Å². The first-order valence-corrected chi connectivity index (χ1v) is 4.76. The van der Waals surface area contributed by atoms with Crippen molar-refractivity contribution in [3.63, 3.8) is 0 Å². The van der Waals surface area contributed by atoms with Crippen LogP contribution in [0, 0.1) is 6.92 Å². The van der Waals surface area contributed by atoms with Gasteiger partial charge in [0.15, 0.2) is 0 Å². The molecule has 0 N–H and O–H groups in total. The van der Waals surface area contributed by atoms with Crippen LogP contribution in [0.2, 0.25) is 0 Å². The molecule has 0 fully saturated rings. The Labute approximate surface area is 79.6 Å². The van der Waals surface area contributed by atoms with Crippen LogP contribution in [0.5, 0.6) is 0 Å².